The number of para-hydroxylation sites is 4. The molecule has 244 valence electrons. The normalized spacial score (nSPS) is 16.5. The second-order valence-corrected chi connectivity index (χ2v) is 15.7. The van der Waals surface area contributed by atoms with Crippen LogP contribution in [0.4, 0.5) is 34.1 Å². The van der Waals surface area contributed by atoms with Crippen LogP contribution in [0.15, 0.2) is 143 Å². The van der Waals surface area contributed by atoms with Gasteiger partial charge >= 0.3 is 0 Å². The van der Waals surface area contributed by atoms with Gasteiger partial charge in [0.15, 0.2) is 0 Å². The number of benzene rings is 6. The van der Waals surface area contributed by atoms with E-state index in [4.69, 9.17) is 0 Å². The summed E-state index contributed by atoms with van der Waals surface area (Å²) in [4.78, 5) is 5.19. The second-order valence-electron chi connectivity index (χ2n) is 13.9. The minimum atomic E-state index is -3.74. The van der Waals surface area contributed by atoms with Crippen molar-refractivity contribution in [2.24, 2.45) is 0 Å². The molecule has 0 atom stereocenters. The lowest BCUT2D eigenvalue weighted by atomic mass is 9.73. The Kier molecular flexibility index (Phi) is 6.96. The van der Waals surface area contributed by atoms with Gasteiger partial charge in [-0.05, 0) is 76.9 Å². The molecular weight excluding hydrogens is 621 g/mol. The van der Waals surface area contributed by atoms with Crippen LogP contribution in [0.3, 0.4) is 0 Å². The Morgan fingerprint density at radius 2 is 0.796 bits per heavy atom. The standard InChI is InChI=1S/C42H34N2O2S.C2H6/c1-41(2)31-13-5-9-17-35(31)43(36-18-10-6-14-32(36)41)27-22-24-39-30(25-27)29-23-21-28(26-40(29)47(39,45)46)44-37-19-11-7-15-33(37)42(3,4)34-16-8-12-20-38(34)44;1-2/h5-26H,1-4H3;1-2H3. The molecule has 0 spiro atoms. The maximum Gasteiger partial charge on any atom is 0.207 e. The van der Waals surface area contributed by atoms with E-state index in [0.717, 1.165) is 45.3 Å². The molecule has 49 heavy (non-hydrogen) atoms. The van der Waals surface area contributed by atoms with Crippen molar-refractivity contribution in [3.8, 4) is 11.1 Å². The van der Waals surface area contributed by atoms with Gasteiger partial charge in [0.05, 0.1) is 32.5 Å². The molecular formula is C44H40N2O2S. The van der Waals surface area contributed by atoms with Crippen LogP contribution >= 0.6 is 0 Å². The maximum atomic E-state index is 14.2. The first kappa shape index (κ1) is 31.2. The van der Waals surface area contributed by atoms with Gasteiger partial charge in [-0.1, -0.05) is 120 Å². The Labute approximate surface area is 290 Å². The molecule has 0 bridgehead atoms. The molecule has 0 unspecified atom stereocenters. The summed E-state index contributed by atoms with van der Waals surface area (Å²) in [7, 11) is -3.74. The predicted molar refractivity (Wildman–Crippen MR) is 202 cm³/mol. The highest BCUT2D eigenvalue weighted by molar-refractivity contribution is 7.92. The van der Waals surface area contributed by atoms with Gasteiger partial charge in [0.2, 0.25) is 9.84 Å². The fraction of sp³-hybridized carbons (Fsp3) is 0.182. The Bertz CT molecular complexity index is 2310. The molecule has 0 aromatic heterocycles. The van der Waals surface area contributed by atoms with E-state index in [1.54, 1.807) is 6.07 Å². The average molecular weight is 661 g/mol. The van der Waals surface area contributed by atoms with E-state index in [1.807, 2.05) is 32.0 Å². The first-order chi connectivity index (χ1) is 23.6. The van der Waals surface area contributed by atoms with Crippen molar-refractivity contribution in [1.29, 1.82) is 0 Å². The molecule has 9 rings (SSSR count). The smallest absolute Gasteiger partial charge is 0.207 e. The summed E-state index contributed by atoms with van der Waals surface area (Å²) < 4.78 is 28.5. The minimum Gasteiger partial charge on any atom is -0.310 e. The van der Waals surface area contributed by atoms with Crippen LogP contribution in [0.25, 0.3) is 11.1 Å². The molecule has 0 N–H and O–H groups in total. The van der Waals surface area contributed by atoms with E-state index in [0.29, 0.717) is 9.79 Å². The molecule has 3 heterocycles. The quantitative estimate of drug-likeness (QED) is 0.185. The van der Waals surface area contributed by atoms with Crippen molar-refractivity contribution in [2.75, 3.05) is 9.80 Å². The van der Waals surface area contributed by atoms with Gasteiger partial charge in [0.25, 0.3) is 0 Å². The van der Waals surface area contributed by atoms with Crippen LogP contribution in [-0.4, -0.2) is 8.42 Å². The molecule has 4 nitrogen and oxygen atoms in total. The van der Waals surface area contributed by atoms with E-state index < -0.39 is 9.84 Å². The Hall–Kier alpha value is -5.13. The summed E-state index contributed by atoms with van der Waals surface area (Å²) in [6.45, 7) is 13.0. The number of sulfone groups is 1. The summed E-state index contributed by atoms with van der Waals surface area (Å²) in [6.07, 6.45) is 0. The molecule has 0 fully saturated rings. The fourth-order valence-electron chi connectivity index (χ4n) is 8.21. The summed E-state index contributed by atoms with van der Waals surface area (Å²) >= 11 is 0. The van der Waals surface area contributed by atoms with Crippen LogP contribution in [0, 0.1) is 0 Å². The summed E-state index contributed by atoms with van der Waals surface area (Å²) in [5.74, 6) is 0. The summed E-state index contributed by atoms with van der Waals surface area (Å²) in [5, 5.41) is 0. The van der Waals surface area contributed by atoms with Crippen molar-refractivity contribution >= 4 is 44.0 Å². The predicted octanol–water partition coefficient (Wildman–Crippen LogP) is 11.7. The highest BCUT2D eigenvalue weighted by atomic mass is 32.2. The summed E-state index contributed by atoms with van der Waals surface area (Å²) in [6, 6.07) is 45.6. The number of hydrogen-bond donors (Lipinski definition) is 0. The largest absolute Gasteiger partial charge is 0.310 e. The van der Waals surface area contributed by atoms with E-state index in [-0.39, 0.29) is 10.8 Å². The van der Waals surface area contributed by atoms with Crippen molar-refractivity contribution < 1.29 is 8.42 Å². The van der Waals surface area contributed by atoms with E-state index >= 15 is 0 Å². The first-order valence-electron chi connectivity index (χ1n) is 17.1. The molecule has 0 radical (unpaired) electrons. The lowest BCUT2D eigenvalue weighted by molar-refractivity contribution is 0.598. The average Bonchev–Trinajstić information content (AvgIpc) is 3.35. The van der Waals surface area contributed by atoms with Gasteiger partial charge in [-0.25, -0.2) is 8.42 Å². The number of rotatable bonds is 2. The van der Waals surface area contributed by atoms with Crippen LogP contribution < -0.4 is 9.80 Å². The molecule has 6 aromatic rings. The number of nitrogens with zero attached hydrogens (tertiary/aromatic N) is 2. The fourth-order valence-corrected chi connectivity index (χ4v) is 9.90. The minimum absolute atomic E-state index is 0.173. The third-order valence-corrected chi connectivity index (χ3v) is 12.4. The second kappa shape index (κ2) is 10.9. The zero-order valence-corrected chi connectivity index (χ0v) is 29.6. The van der Waals surface area contributed by atoms with Crippen LogP contribution in [0.5, 0.6) is 0 Å². The zero-order valence-electron chi connectivity index (χ0n) is 28.8. The van der Waals surface area contributed by atoms with Crippen molar-refractivity contribution in [2.45, 2.75) is 62.2 Å². The van der Waals surface area contributed by atoms with Crippen LogP contribution in [0.2, 0.25) is 0 Å². The number of fused-ring (bicyclic) bond motifs is 7. The maximum absolute atomic E-state index is 14.2. The molecule has 5 heteroatoms. The number of anilines is 6. The monoisotopic (exact) mass is 660 g/mol. The topological polar surface area (TPSA) is 40.6 Å². The Morgan fingerprint density at radius 1 is 0.429 bits per heavy atom. The van der Waals surface area contributed by atoms with Gasteiger partial charge in [0.1, 0.15) is 0 Å². The molecule has 0 amide bonds. The van der Waals surface area contributed by atoms with Gasteiger partial charge in [-0.2, -0.15) is 0 Å². The highest BCUT2D eigenvalue weighted by Crippen LogP contribution is 2.55. The van der Waals surface area contributed by atoms with Gasteiger partial charge in [-0.15, -0.1) is 0 Å². The Morgan fingerprint density at radius 3 is 1.22 bits per heavy atom. The third kappa shape index (κ3) is 4.31. The van der Waals surface area contributed by atoms with Crippen molar-refractivity contribution in [1.82, 2.24) is 0 Å². The van der Waals surface area contributed by atoms with Crippen molar-refractivity contribution in [3.05, 3.63) is 156 Å². The first-order valence-corrected chi connectivity index (χ1v) is 18.6. The van der Waals surface area contributed by atoms with E-state index in [2.05, 4.69) is 147 Å². The van der Waals surface area contributed by atoms with Crippen LogP contribution in [-0.2, 0) is 20.7 Å². The third-order valence-electron chi connectivity index (χ3n) is 10.6. The van der Waals surface area contributed by atoms with E-state index in [1.165, 1.54) is 22.3 Å². The van der Waals surface area contributed by atoms with Gasteiger partial charge < -0.3 is 9.80 Å². The molecule has 3 aliphatic rings. The molecule has 0 saturated heterocycles. The van der Waals surface area contributed by atoms with Gasteiger partial charge in [0, 0.05) is 33.3 Å². The Balaban J connectivity index is 0.00000171. The zero-order chi connectivity index (χ0) is 34.3. The summed E-state index contributed by atoms with van der Waals surface area (Å²) in [5.41, 5.74) is 12.1. The molecule has 0 aliphatic carbocycles. The van der Waals surface area contributed by atoms with Gasteiger partial charge in [-0.3, -0.25) is 0 Å². The molecule has 0 saturated carbocycles. The van der Waals surface area contributed by atoms with E-state index in [9.17, 15) is 8.42 Å². The van der Waals surface area contributed by atoms with Crippen molar-refractivity contribution in [3.63, 3.8) is 0 Å². The molecule has 6 aromatic carbocycles. The molecule has 3 aliphatic heterocycles. The van der Waals surface area contributed by atoms with Crippen LogP contribution in [0.1, 0.15) is 63.8 Å². The number of hydrogen-bond acceptors (Lipinski definition) is 4. The lowest BCUT2D eigenvalue weighted by Gasteiger charge is -2.42. The highest BCUT2D eigenvalue weighted by Gasteiger charge is 2.40. The SMILES string of the molecule is CC.CC1(C)c2ccccc2N(c2ccc3c(c2)-c2ccc(N4c5ccccc5C(C)(C)c5ccccc54)cc2S3(=O)=O)c2ccccc21. The lowest BCUT2D eigenvalue weighted by Crippen LogP contribution is -2.30.